The van der Waals surface area contributed by atoms with Crippen molar-refractivity contribution in [2.24, 2.45) is 0 Å². The van der Waals surface area contributed by atoms with Gasteiger partial charge in [0.15, 0.2) is 17.4 Å². The van der Waals surface area contributed by atoms with E-state index in [0.29, 0.717) is 18.7 Å². The summed E-state index contributed by atoms with van der Waals surface area (Å²) in [5.41, 5.74) is 1.60. The highest BCUT2D eigenvalue weighted by atomic mass is 32.1. The van der Waals surface area contributed by atoms with E-state index in [1.807, 2.05) is 16.8 Å². The normalized spacial score (nSPS) is 10.7. The molecule has 2 nitrogen and oxygen atoms in total. The van der Waals surface area contributed by atoms with Crippen LogP contribution in [0.3, 0.4) is 0 Å². The Morgan fingerprint density at radius 3 is 2.35 bits per heavy atom. The second-order valence-electron chi connectivity index (χ2n) is 3.64. The summed E-state index contributed by atoms with van der Waals surface area (Å²) in [5, 5.41) is 16.0. The molecule has 0 aliphatic heterocycles. The topological polar surface area (TPSA) is 32.3 Å². The molecule has 0 saturated carbocycles. The molecule has 0 fully saturated rings. The van der Waals surface area contributed by atoms with Crippen molar-refractivity contribution in [3.63, 3.8) is 0 Å². The molecular weight excluding hydrogens is 244 g/mol. The summed E-state index contributed by atoms with van der Waals surface area (Å²) in [6, 6.07) is 4.23. The molecule has 1 heterocycles. The van der Waals surface area contributed by atoms with E-state index in [-0.39, 0.29) is 0 Å². The molecule has 90 valence electrons. The molecule has 2 N–H and O–H groups in total. The number of hydrogen-bond donors (Lipinski definition) is 2. The first kappa shape index (κ1) is 12.0. The van der Waals surface area contributed by atoms with Gasteiger partial charge in [-0.1, -0.05) is 0 Å². The van der Waals surface area contributed by atoms with Gasteiger partial charge in [-0.2, -0.15) is 11.3 Å². The molecule has 0 unspecified atom stereocenters. The molecule has 5 heteroatoms. The Morgan fingerprint density at radius 2 is 1.76 bits per heavy atom. The molecule has 1 aromatic carbocycles. The second kappa shape index (κ2) is 5.25. The Labute approximate surface area is 102 Å². The minimum Gasteiger partial charge on any atom is -0.503 e. The minimum atomic E-state index is -0.933. The van der Waals surface area contributed by atoms with Crippen molar-refractivity contribution in [3.8, 4) is 5.75 Å². The van der Waals surface area contributed by atoms with Gasteiger partial charge in [-0.25, -0.2) is 8.78 Å². The van der Waals surface area contributed by atoms with E-state index in [1.165, 1.54) is 0 Å². The van der Waals surface area contributed by atoms with Gasteiger partial charge in [-0.3, -0.25) is 0 Å². The SMILES string of the molecule is Oc1c(F)cc(CNCc2ccsc2)cc1F. The number of rotatable bonds is 4. The fraction of sp³-hybridized carbons (Fsp3) is 0.167. The molecule has 0 amide bonds. The van der Waals surface area contributed by atoms with Crippen LogP contribution in [0.15, 0.2) is 29.0 Å². The molecule has 0 aliphatic carbocycles. The maximum absolute atomic E-state index is 13.0. The van der Waals surface area contributed by atoms with Gasteiger partial charge in [-0.05, 0) is 40.1 Å². The van der Waals surface area contributed by atoms with Gasteiger partial charge in [0.25, 0.3) is 0 Å². The fourth-order valence-corrected chi connectivity index (χ4v) is 2.13. The minimum absolute atomic E-state index is 0.351. The van der Waals surface area contributed by atoms with Crippen LogP contribution in [-0.2, 0) is 13.1 Å². The molecule has 0 aliphatic rings. The van der Waals surface area contributed by atoms with Gasteiger partial charge >= 0.3 is 0 Å². The van der Waals surface area contributed by atoms with Crippen LogP contribution in [0.2, 0.25) is 0 Å². The molecular formula is C12H11F2NOS. The third-order valence-corrected chi connectivity index (χ3v) is 3.05. The third kappa shape index (κ3) is 3.01. The van der Waals surface area contributed by atoms with Crippen LogP contribution in [0.25, 0.3) is 0 Å². The molecule has 2 rings (SSSR count). The maximum atomic E-state index is 13.0. The van der Waals surface area contributed by atoms with Gasteiger partial charge in [0.2, 0.25) is 0 Å². The quantitative estimate of drug-likeness (QED) is 0.880. The van der Waals surface area contributed by atoms with Crippen molar-refractivity contribution in [1.29, 1.82) is 0 Å². The van der Waals surface area contributed by atoms with Crippen LogP contribution in [0, 0.1) is 11.6 Å². The van der Waals surface area contributed by atoms with E-state index in [9.17, 15) is 8.78 Å². The van der Waals surface area contributed by atoms with E-state index in [4.69, 9.17) is 5.11 Å². The maximum Gasteiger partial charge on any atom is 0.187 e. The van der Waals surface area contributed by atoms with E-state index in [0.717, 1.165) is 17.7 Å². The highest BCUT2D eigenvalue weighted by Crippen LogP contribution is 2.21. The Bertz CT molecular complexity index is 476. The van der Waals surface area contributed by atoms with Gasteiger partial charge in [0, 0.05) is 13.1 Å². The lowest BCUT2D eigenvalue weighted by atomic mass is 10.2. The highest BCUT2D eigenvalue weighted by Gasteiger charge is 2.09. The lowest BCUT2D eigenvalue weighted by Gasteiger charge is -2.05. The standard InChI is InChI=1S/C12H11F2NOS/c13-10-3-9(4-11(14)12(10)16)6-15-5-8-1-2-17-7-8/h1-4,7,15-16H,5-6H2. The lowest BCUT2D eigenvalue weighted by molar-refractivity contribution is 0.395. The van der Waals surface area contributed by atoms with Crippen molar-refractivity contribution in [3.05, 3.63) is 51.7 Å². The summed E-state index contributed by atoms with van der Waals surface area (Å²) in [4.78, 5) is 0. The monoisotopic (exact) mass is 255 g/mol. The van der Waals surface area contributed by atoms with Crippen LogP contribution >= 0.6 is 11.3 Å². The average molecular weight is 255 g/mol. The summed E-state index contributed by atoms with van der Waals surface area (Å²) < 4.78 is 26.0. The van der Waals surface area contributed by atoms with Crippen LogP contribution in [0.1, 0.15) is 11.1 Å². The fourth-order valence-electron chi connectivity index (χ4n) is 1.46. The highest BCUT2D eigenvalue weighted by molar-refractivity contribution is 7.07. The van der Waals surface area contributed by atoms with Gasteiger partial charge in [0.1, 0.15) is 0 Å². The van der Waals surface area contributed by atoms with Crippen molar-refractivity contribution in [2.45, 2.75) is 13.1 Å². The molecule has 17 heavy (non-hydrogen) atoms. The van der Waals surface area contributed by atoms with E-state index >= 15 is 0 Å². The van der Waals surface area contributed by atoms with Crippen LogP contribution in [-0.4, -0.2) is 5.11 Å². The summed E-state index contributed by atoms with van der Waals surface area (Å²) in [7, 11) is 0. The molecule has 1 aromatic heterocycles. The first-order valence-electron chi connectivity index (χ1n) is 5.05. The Morgan fingerprint density at radius 1 is 1.12 bits per heavy atom. The Hall–Kier alpha value is -1.46. The van der Waals surface area contributed by atoms with Gasteiger partial charge in [-0.15, -0.1) is 0 Å². The summed E-state index contributed by atoms with van der Waals surface area (Å²) in [6.07, 6.45) is 0. The number of phenols is 1. The third-order valence-electron chi connectivity index (χ3n) is 2.32. The van der Waals surface area contributed by atoms with E-state index < -0.39 is 17.4 Å². The van der Waals surface area contributed by atoms with Crippen LogP contribution in [0.5, 0.6) is 5.75 Å². The number of halogens is 2. The smallest absolute Gasteiger partial charge is 0.187 e. The molecule has 0 bridgehead atoms. The molecule has 0 radical (unpaired) electrons. The number of aromatic hydroxyl groups is 1. The van der Waals surface area contributed by atoms with E-state index in [1.54, 1.807) is 11.3 Å². The predicted octanol–water partition coefficient (Wildman–Crippen LogP) is 3.02. The number of thiophene rings is 1. The molecule has 2 aromatic rings. The number of phenolic OH excluding ortho intramolecular Hbond substituents is 1. The predicted molar refractivity (Wildman–Crippen MR) is 62.9 cm³/mol. The van der Waals surface area contributed by atoms with Crippen molar-refractivity contribution in [1.82, 2.24) is 5.32 Å². The average Bonchev–Trinajstić information content (AvgIpc) is 2.79. The number of benzene rings is 1. The summed E-state index contributed by atoms with van der Waals surface area (Å²) in [6.45, 7) is 0.998. The first-order chi connectivity index (χ1) is 8.16. The van der Waals surface area contributed by atoms with Gasteiger partial charge < -0.3 is 10.4 Å². The molecule has 0 atom stereocenters. The Balaban J connectivity index is 1.95. The zero-order valence-corrected chi connectivity index (χ0v) is 9.73. The summed E-state index contributed by atoms with van der Waals surface area (Å²) >= 11 is 1.60. The summed E-state index contributed by atoms with van der Waals surface area (Å²) in [5.74, 6) is -2.79. The largest absolute Gasteiger partial charge is 0.503 e. The zero-order valence-electron chi connectivity index (χ0n) is 8.91. The lowest BCUT2D eigenvalue weighted by Crippen LogP contribution is -2.12. The van der Waals surface area contributed by atoms with Crippen LogP contribution in [0.4, 0.5) is 8.78 Å². The van der Waals surface area contributed by atoms with Crippen molar-refractivity contribution >= 4 is 11.3 Å². The van der Waals surface area contributed by atoms with Crippen molar-refractivity contribution < 1.29 is 13.9 Å². The second-order valence-corrected chi connectivity index (χ2v) is 4.42. The first-order valence-corrected chi connectivity index (χ1v) is 6.00. The number of nitrogens with one attached hydrogen (secondary N) is 1. The Kier molecular flexibility index (Phi) is 3.71. The zero-order chi connectivity index (χ0) is 12.3. The van der Waals surface area contributed by atoms with Crippen molar-refractivity contribution in [2.75, 3.05) is 0 Å². The molecule has 0 saturated heterocycles. The number of hydrogen-bond acceptors (Lipinski definition) is 3. The van der Waals surface area contributed by atoms with E-state index in [2.05, 4.69) is 5.32 Å². The van der Waals surface area contributed by atoms with Gasteiger partial charge in [0.05, 0.1) is 0 Å². The molecule has 0 spiro atoms. The van der Waals surface area contributed by atoms with Crippen LogP contribution < -0.4 is 5.32 Å².